The Morgan fingerprint density at radius 3 is 2.20 bits per heavy atom. The van der Waals surface area contributed by atoms with Crippen molar-refractivity contribution in [3.05, 3.63) is 118 Å². The zero-order chi connectivity index (χ0) is 55.9. The summed E-state index contributed by atoms with van der Waals surface area (Å²) in [6, 6.07) is 19.4. The van der Waals surface area contributed by atoms with Gasteiger partial charge in [0, 0.05) is 61.4 Å². The number of benzene rings is 3. The summed E-state index contributed by atoms with van der Waals surface area (Å²) in [4.78, 5) is 68.8. The first-order chi connectivity index (χ1) is 38.1. The monoisotopic (exact) mass is 1150 g/mol. The number of thiazole rings is 1. The Hall–Kier alpha value is -5.68. The third kappa shape index (κ3) is 16.3. The third-order valence-electron chi connectivity index (χ3n) is 14.0. The zero-order valence-corrected chi connectivity index (χ0v) is 47.9. The van der Waals surface area contributed by atoms with Gasteiger partial charge in [0.25, 0.3) is 0 Å². The van der Waals surface area contributed by atoms with E-state index in [0.29, 0.717) is 99.9 Å². The highest BCUT2D eigenvalue weighted by Gasteiger charge is 2.46. The number of hydrogen-bond donors (Lipinski definition) is 2. The van der Waals surface area contributed by atoms with Gasteiger partial charge in [0.05, 0.1) is 86.3 Å². The van der Waals surface area contributed by atoms with E-state index < -0.39 is 29.2 Å². The number of imidazole rings is 1. The SMILES string of the molecule is Cc1ncsc1-c1ccc(C(C)NC(=O)C2CCCN2C(=O)C(NC(=O)COCCOCCOCCOCC(=O)N2CCN(c3ccc(OC[C@H]4CO[C@](Cn5ccnc5)(c5ccc(Cl)cc5Cl)O4)cc3)CC2)C(C)(C)C)cc1. The number of nitrogens with zero attached hydrogens (tertiary/aromatic N) is 6. The molecule has 22 heteroatoms. The molecule has 3 aliphatic rings. The number of aromatic nitrogens is 3. The van der Waals surface area contributed by atoms with Gasteiger partial charge in [-0.15, -0.1) is 11.3 Å². The first-order valence-corrected chi connectivity index (χ1v) is 28.4. The van der Waals surface area contributed by atoms with Crippen LogP contribution in [0.4, 0.5) is 5.69 Å². The molecule has 4 amide bonds. The van der Waals surface area contributed by atoms with Gasteiger partial charge in [-0.1, -0.05) is 74.3 Å². The number of rotatable bonds is 26. The minimum Gasteiger partial charge on any atom is -0.491 e. The topological polar surface area (TPSA) is 197 Å². The fraction of sp³-hybridized carbons (Fsp3) is 0.509. The molecule has 0 spiro atoms. The number of piperazine rings is 1. The molecule has 3 unspecified atom stereocenters. The van der Waals surface area contributed by atoms with Crippen LogP contribution in [-0.4, -0.2) is 165 Å². The van der Waals surface area contributed by atoms with Crippen molar-refractivity contribution in [2.75, 3.05) is 104 Å². The van der Waals surface area contributed by atoms with Crippen LogP contribution in [0.2, 0.25) is 10.0 Å². The molecule has 2 N–H and O–H groups in total. The van der Waals surface area contributed by atoms with Crippen LogP contribution in [0.25, 0.3) is 10.4 Å². The highest BCUT2D eigenvalue weighted by atomic mass is 35.5. The summed E-state index contributed by atoms with van der Waals surface area (Å²) in [7, 11) is 0. The molecule has 5 heterocycles. The minimum atomic E-state index is -1.14. The first kappa shape index (κ1) is 59.4. The molecule has 3 fully saturated rings. The number of anilines is 1. The van der Waals surface area contributed by atoms with E-state index in [9.17, 15) is 19.2 Å². The summed E-state index contributed by atoms with van der Waals surface area (Å²) < 4.78 is 43.2. The van der Waals surface area contributed by atoms with Crippen LogP contribution < -0.4 is 20.3 Å². The van der Waals surface area contributed by atoms with Crippen molar-refractivity contribution in [1.82, 2.24) is 35.0 Å². The average molecular weight is 1150 g/mol. The van der Waals surface area contributed by atoms with Crippen molar-refractivity contribution in [2.45, 2.75) is 84.0 Å². The number of nitrogens with one attached hydrogen (secondary N) is 2. The molecule has 5 aromatic rings. The molecule has 2 aromatic heterocycles. The Kier molecular flexibility index (Phi) is 21.2. The molecule has 426 valence electrons. The smallest absolute Gasteiger partial charge is 0.248 e. The lowest BCUT2D eigenvalue weighted by Crippen LogP contribution is -2.58. The number of halogens is 2. The lowest BCUT2D eigenvalue weighted by atomic mass is 9.85. The summed E-state index contributed by atoms with van der Waals surface area (Å²) in [5.74, 6) is -1.47. The van der Waals surface area contributed by atoms with Crippen molar-refractivity contribution in [2.24, 2.45) is 5.41 Å². The number of aryl methyl sites for hydroxylation is 1. The number of carbonyl (C=O) groups is 4. The summed E-state index contributed by atoms with van der Waals surface area (Å²) in [5.41, 5.74) is 5.92. The molecule has 0 bridgehead atoms. The van der Waals surface area contributed by atoms with Gasteiger partial charge in [0.2, 0.25) is 29.4 Å². The normalized spacial score (nSPS) is 19.4. The number of hydrogen-bond acceptors (Lipinski definition) is 15. The van der Waals surface area contributed by atoms with E-state index in [1.165, 1.54) is 0 Å². The second-order valence-corrected chi connectivity index (χ2v) is 22.5. The molecule has 0 aliphatic carbocycles. The Bertz CT molecular complexity index is 2780. The molecule has 5 atom stereocenters. The Labute approximate surface area is 476 Å². The van der Waals surface area contributed by atoms with Crippen LogP contribution in [-0.2, 0) is 59.9 Å². The van der Waals surface area contributed by atoms with E-state index in [-0.39, 0.29) is 69.5 Å². The van der Waals surface area contributed by atoms with Crippen molar-refractivity contribution >= 4 is 63.9 Å². The molecular formula is C57H72Cl2N8O11S. The van der Waals surface area contributed by atoms with Gasteiger partial charge in [0.15, 0.2) is 0 Å². The molecular weight excluding hydrogens is 1080 g/mol. The quantitative estimate of drug-likeness (QED) is 0.0533. The van der Waals surface area contributed by atoms with Crippen LogP contribution in [0, 0.1) is 12.3 Å². The number of likely N-dealkylation sites (tertiary alicyclic amines) is 1. The fourth-order valence-electron chi connectivity index (χ4n) is 9.72. The summed E-state index contributed by atoms with van der Waals surface area (Å²) in [6.07, 6.45) is 6.10. The van der Waals surface area contributed by atoms with Gasteiger partial charge >= 0.3 is 0 Å². The Morgan fingerprint density at radius 2 is 1.56 bits per heavy atom. The summed E-state index contributed by atoms with van der Waals surface area (Å²) in [6.45, 7) is 14.7. The van der Waals surface area contributed by atoms with Gasteiger partial charge in [-0.05, 0) is 79.6 Å². The highest BCUT2D eigenvalue weighted by molar-refractivity contribution is 7.13. The predicted octanol–water partition coefficient (Wildman–Crippen LogP) is 7.08. The number of carbonyl (C=O) groups excluding carboxylic acids is 4. The van der Waals surface area contributed by atoms with Crippen LogP contribution >= 0.6 is 34.5 Å². The van der Waals surface area contributed by atoms with Crippen LogP contribution in [0.3, 0.4) is 0 Å². The van der Waals surface area contributed by atoms with E-state index in [1.54, 1.807) is 40.9 Å². The standard InChI is InChI=1S/C57H72Cl2N8O11S/c1-39(41-8-10-42(11-9-41)52-40(2)61-38-79-52)62-54(70)49-7-6-19-67(49)55(71)53(56(3,4)5)63-50(68)34-74-29-27-72-25-26-73-28-30-75-35-51(69)66-23-21-65(22-24-66)44-13-15-45(16-14-44)76-32-46-33-77-57(78-46,36-64-20-18-60-37-64)47-17-12-43(58)31-48(47)59/h8-18,20,31,37-39,46,49,53H,6-7,19,21-30,32-36H2,1-5H3,(H,62,70)(H,63,68)/t39?,46-,49?,53?,57-/m0/s1. The van der Waals surface area contributed by atoms with Crippen LogP contribution in [0.5, 0.6) is 5.75 Å². The molecule has 3 aliphatic heterocycles. The highest BCUT2D eigenvalue weighted by Crippen LogP contribution is 2.41. The van der Waals surface area contributed by atoms with E-state index in [2.05, 4.69) is 25.5 Å². The largest absolute Gasteiger partial charge is 0.491 e. The summed E-state index contributed by atoms with van der Waals surface area (Å²) in [5, 5.41) is 6.94. The molecule has 0 radical (unpaired) electrons. The lowest BCUT2D eigenvalue weighted by Gasteiger charge is -2.36. The molecule has 8 rings (SSSR count). The Morgan fingerprint density at radius 1 is 0.861 bits per heavy atom. The minimum absolute atomic E-state index is 0.0323. The van der Waals surface area contributed by atoms with E-state index >= 15 is 0 Å². The van der Waals surface area contributed by atoms with Crippen LogP contribution in [0.15, 0.2) is 91.0 Å². The average Bonchev–Trinajstić information content (AvgIpc) is 4.51. The third-order valence-corrected chi connectivity index (χ3v) is 15.6. The number of ether oxygens (including phenoxy) is 7. The second kappa shape index (κ2) is 28.1. The fourth-order valence-corrected chi connectivity index (χ4v) is 11.1. The zero-order valence-electron chi connectivity index (χ0n) is 45.5. The molecule has 19 nitrogen and oxygen atoms in total. The predicted molar refractivity (Wildman–Crippen MR) is 300 cm³/mol. The molecule has 0 saturated carbocycles. The lowest BCUT2D eigenvalue weighted by molar-refractivity contribution is -0.189. The van der Waals surface area contributed by atoms with Gasteiger partial charge in [0.1, 0.15) is 43.8 Å². The van der Waals surface area contributed by atoms with Crippen molar-refractivity contribution in [1.29, 1.82) is 0 Å². The maximum absolute atomic E-state index is 14.0. The van der Waals surface area contributed by atoms with E-state index in [0.717, 1.165) is 27.4 Å². The second-order valence-electron chi connectivity index (χ2n) is 20.8. The van der Waals surface area contributed by atoms with Gasteiger partial charge < -0.3 is 63.1 Å². The van der Waals surface area contributed by atoms with E-state index in [1.807, 2.05) is 110 Å². The first-order valence-electron chi connectivity index (χ1n) is 26.8. The molecule has 3 saturated heterocycles. The molecule has 79 heavy (non-hydrogen) atoms. The van der Waals surface area contributed by atoms with Gasteiger partial charge in [-0.2, -0.15) is 0 Å². The summed E-state index contributed by atoms with van der Waals surface area (Å²) >= 11 is 14.4. The Balaban J connectivity index is 0.646. The van der Waals surface area contributed by atoms with Crippen molar-refractivity contribution in [3.63, 3.8) is 0 Å². The maximum Gasteiger partial charge on any atom is 0.248 e. The number of amides is 4. The maximum atomic E-state index is 14.0. The van der Waals surface area contributed by atoms with Gasteiger partial charge in [-0.25, -0.2) is 9.97 Å². The van der Waals surface area contributed by atoms with Gasteiger partial charge in [-0.3, -0.25) is 19.2 Å². The van der Waals surface area contributed by atoms with E-state index in [4.69, 9.17) is 56.4 Å². The van der Waals surface area contributed by atoms with Crippen molar-refractivity contribution in [3.8, 4) is 16.2 Å². The van der Waals surface area contributed by atoms with Crippen molar-refractivity contribution < 1.29 is 52.3 Å². The van der Waals surface area contributed by atoms with Crippen LogP contribution in [0.1, 0.15) is 63.4 Å². The molecule has 3 aromatic carbocycles.